The Morgan fingerprint density at radius 3 is 2.58 bits per heavy atom. The molecule has 1 aliphatic carbocycles. The van der Waals surface area contributed by atoms with Gasteiger partial charge in [0.2, 0.25) is 0 Å². The quantitative estimate of drug-likeness (QED) is 0.402. The van der Waals surface area contributed by atoms with Crippen molar-refractivity contribution in [1.82, 2.24) is 15.3 Å². The summed E-state index contributed by atoms with van der Waals surface area (Å²) >= 11 is 0. The van der Waals surface area contributed by atoms with E-state index < -0.39 is 29.0 Å². The number of esters is 1. The number of ether oxygens (including phenoxy) is 1. The molecule has 0 saturated carbocycles. The lowest BCUT2D eigenvalue weighted by Gasteiger charge is -2.44. The summed E-state index contributed by atoms with van der Waals surface area (Å²) in [6, 6.07) is 7.99. The monoisotopic (exact) mass is 492 g/mol. The number of aromatic amines is 1. The Kier molecular flexibility index (Phi) is 5.72. The summed E-state index contributed by atoms with van der Waals surface area (Å²) in [6.45, 7) is 5.99. The highest BCUT2D eigenvalue weighted by Crippen LogP contribution is 2.42. The number of benzene rings is 1. The first-order chi connectivity index (χ1) is 17.0. The van der Waals surface area contributed by atoms with Crippen LogP contribution in [0.5, 0.6) is 0 Å². The second-order valence-corrected chi connectivity index (χ2v) is 10.6. The van der Waals surface area contributed by atoms with Gasteiger partial charge in [-0.2, -0.15) is 0 Å². The minimum Gasteiger partial charge on any atom is -0.478 e. The molecule has 188 valence electrons. The Bertz CT molecular complexity index is 1370. The normalized spacial score (nSPS) is 16.9. The highest BCUT2D eigenvalue weighted by molar-refractivity contribution is 5.97. The molecule has 3 aromatic rings. The van der Waals surface area contributed by atoms with E-state index in [1.54, 1.807) is 39.1 Å². The van der Waals surface area contributed by atoms with Crippen molar-refractivity contribution in [1.29, 1.82) is 0 Å². The van der Waals surface area contributed by atoms with Gasteiger partial charge in [0.25, 0.3) is 0 Å². The summed E-state index contributed by atoms with van der Waals surface area (Å²) < 4.78 is 19.5. The molecule has 5 rings (SSSR count). The summed E-state index contributed by atoms with van der Waals surface area (Å²) in [4.78, 5) is 33.8. The molecule has 1 atom stereocenters. The number of rotatable bonds is 5. The smallest absolute Gasteiger partial charge is 0.337 e. The number of H-pyrrole nitrogens is 1. The van der Waals surface area contributed by atoms with Crippen LogP contribution in [0.25, 0.3) is 22.5 Å². The number of hydrogen-bond acceptors (Lipinski definition) is 6. The van der Waals surface area contributed by atoms with Crippen molar-refractivity contribution in [3.05, 3.63) is 64.7 Å². The number of carboxylic acid groups (broad SMARTS) is 1. The molecular formula is C27H29FN4O4. The minimum absolute atomic E-state index is 0.0624. The fraction of sp³-hybridized carbons (Fsp3) is 0.370. The van der Waals surface area contributed by atoms with Gasteiger partial charge in [0.1, 0.15) is 17.3 Å². The molecule has 9 heteroatoms. The van der Waals surface area contributed by atoms with Gasteiger partial charge in [-0.1, -0.05) is 12.1 Å². The number of carbonyl (C=O) groups excluding carboxylic acids is 1. The average Bonchev–Trinajstić information content (AvgIpc) is 3.16. The van der Waals surface area contributed by atoms with Gasteiger partial charge in [0.15, 0.2) is 0 Å². The topological polar surface area (TPSA) is 130 Å². The number of pyridine rings is 1. The lowest BCUT2D eigenvalue weighted by atomic mass is 9.76. The van der Waals surface area contributed by atoms with Crippen LogP contribution in [0, 0.1) is 5.82 Å². The highest BCUT2D eigenvalue weighted by atomic mass is 19.1. The lowest BCUT2D eigenvalue weighted by molar-refractivity contribution is -0.159. The number of carboxylic acids is 1. The van der Waals surface area contributed by atoms with E-state index >= 15 is 0 Å². The maximum atomic E-state index is 13.8. The van der Waals surface area contributed by atoms with E-state index in [1.165, 1.54) is 12.1 Å². The molecule has 1 aliphatic heterocycles. The van der Waals surface area contributed by atoms with Gasteiger partial charge >= 0.3 is 11.9 Å². The zero-order valence-corrected chi connectivity index (χ0v) is 20.4. The first-order valence-corrected chi connectivity index (χ1v) is 11.9. The first kappa shape index (κ1) is 24.1. The second-order valence-electron chi connectivity index (χ2n) is 10.6. The van der Waals surface area contributed by atoms with Crippen molar-refractivity contribution >= 4 is 11.9 Å². The molecule has 1 aromatic carbocycles. The number of nitrogens with two attached hydrogens (primary N) is 1. The van der Waals surface area contributed by atoms with E-state index in [4.69, 9.17) is 10.5 Å². The minimum atomic E-state index is -1.13. The summed E-state index contributed by atoms with van der Waals surface area (Å²) in [5.74, 6) is -3.06. The van der Waals surface area contributed by atoms with E-state index in [0.29, 0.717) is 48.4 Å². The predicted molar refractivity (Wildman–Crippen MR) is 132 cm³/mol. The summed E-state index contributed by atoms with van der Waals surface area (Å²) in [5, 5.41) is 13.4. The van der Waals surface area contributed by atoms with Crippen LogP contribution < -0.4 is 11.1 Å². The number of nitrogens with zero attached hydrogens (tertiary/aromatic N) is 1. The molecule has 1 unspecified atom stereocenters. The SMILES string of the molecule is CC(C)(C)OC(=O)C(c1[nH]c2c(c1C(=O)O)CCc1cnc(-c3cccc(F)c3)cc1-2)C1(N)CNC1. The first-order valence-electron chi connectivity index (χ1n) is 11.9. The van der Waals surface area contributed by atoms with Gasteiger partial charge in [-0.25, -0.2) is 9.18 Å². The summed E-state index contributed by atoms with van der Waals surface area (Å²) in [5.41, 5.74) is 9.30. The highest BCUT2D eigenvalue weighted by Gasteiger charge is 2.50. The standard InChI is InChI=1S/C27H29FN4O4/c1-26(2,3)36-25(35)21(27(29)12-30-13-27)23-20(24(33)34)17-8-7-15-11-31-19(10-18(15)22(17)32-23)14-5-4-6-16(28)9-14/h4-6,9-11,21,30,32H,7-8,12-13,29H2,1-3H3,(H,33,34). The number of halogens is 1. The molecule has 1 saturated heterocycles. The number of aryl methyl sites for hydroxylation is 1. The maximum absolute atomic E-state index is 13.8. The van der Waals surface area contributed by atoms with Crippen LogP contribution in [0.1, 0.15) is 53.9 Å². The molecule has 8 nitrogen and oxygen atoms in total. The Labute approximate surface area is 208 Å². The van der Waals surface area contributed by atoms with Crippen molar-refractivity contribution in [2.45, 2.75) is 50.7 Å². The van der Waals surface area contributed by atoms with Gasteiger partial charge in [-0.05, 0) is 62.9 Å². The Hall–Kier alpha value is -3.56. The van der Waals surface area contributed by atoms with Crippen LogP contribution in [0.2, 0.25) is 0 Å². The number of hydrogen-bond donors (Lipinski definition) is 4. The van der Waals surface area contributed by atoms with Gasteiger partial charge in [0.05, 0.1) is 22.5 Å². The Balaban J connectivity index is 1.67. The predicted octanol–water partition coefficient (Wildman–Crippen LogP) is 3.41. The molecule has 1 fully saturated rings. The summed E-state index contributed by atoms with van der Waals surface area (Å²) in [6.07, 6.45) is 2.80. The molecule has 2 aliphatic rings. The zero-order chi connectivity index (χ0) is 25.8. The van der Waals surface area contributed by atoms with Crippen LogP contribution >= 0.6 is 0 Å². The van der Waals surface area contributed by atoms with Crippen molar-refractivity contribution in [2.24, 2.45) is 5.73 Å². The van der Waals surface area contributed by atoms with Crippen molar-refractivity contribution in [3.63, 3.8) is 0 Å². The fourth-order valence-electron chi connectivity index (χ4n) is 5.10. The molecule has 0 bridgehead atoms. The van der Waals surface area contributed by atoms with Crippen LogP contribution in [-0.4, -0.2) is 51.2 Å². The lowest BCUT2D eigenvalue weighted by Crippen LogP contribution is -2.70. The van der Waals surface area contributed by atoms with E-state index in [1.807, 2.05) is 6.07 Å². The number of fused-ring (bicyclic) bond motifs is 3. The van der Waals surface area contributed by atoms with Crippen LogP contribution in [0.4, 0.5) is 4.39 Å². The van der Waals surface area contributed by atoms with Crippen molar-refractivity contribution < 1.29 is 23.8 Å². The largest absolute Gasteiger partial charge is 0.478 e. The number of aromatic nitrogens is 2. The molecular weight excluding hydrogens is 463 g/mol. The van der Waals surface area contributed by atoms with E-state index in [0.717, 1.165) is 11.1 Å². The molecule has 36 heavy (non-hydrogen) atoms. The molecule has 0 amide bonds. The molecule has 3 heterocycles. The average molecular weight is 493 g/mol. The molecule has 0 spiro atoms. The van der Waals surface area contributed by atoms with Crippen molar-refractivity contribution in [3.8, 4) is 22.5 Å². The van der Waals surface area contributed by atoms with Gasteiger partial charge in [-0.3, -0.25) is 9.78 Å². The Morgan fingerprint density at radius 2 is 1.97 bits per heavy atom. The molecule has 2 aromatic heterocycles. The van der Waals surface area contributed by atoms with E-state index in [-0.39, 0.29) is 17.1 Å². The number of carbonyl (C=O) groups is 2. The maximum Gasteiger partial charge on any atom is 0.337 e. The molecule has 5 N–H and O–H groups in total. The van der Waals surface area contributed by atoms with Gasteiger partial charge in [-0.15, -0.1) is 0 Å². The van der Waals surface area contributed by atoms with E-state index in [9.17, 15) is 19.1 Å². The zero-order valence-electron chi connectivity index (χ0n) is 20.4. The fourth-order valence-corrected chi connectivity index (χ4v) is 5.10. The van der Waals surface area contributed by atoms with Gasteiger partial charge in [0, 0.05) is 36.1 Å². The van der Waals surface area contributed by atoms with E-state index in [2.05, 4.69) is 15.3 Å². The third-order valence-electron chi connectivity index (χ3n) is 6.78. The molecule has 0 radical (unpaired) electrons. The second kappa shape index (κ2) is 8.53. The third-order valence-corrected chi connectivity index (χ3v) is 6.78. The van der Waals surface area contributed by atoms with Gasteiger partial charge < -0.3 is 25.9 Å². The summed E-state index contributed by atoms with van der Waals surface area (Å²) in [7, 11) is 0. The van der Waals surface area contributed by atoms with Crippen LogP contribution in [0.15, 0.2) is 36.5 Å². The van der Waals surface area contributed by atoms with Crippen LogP contribution in [-0.2, 0) is 22.4 Å². The number of aromatic carboxylic acids is 1. The van der Waals surface area contributed by atoms with Crippen molar-refractivity contribution in [2.75, 3.05) is 13.1 Å². The third kappa shape index (κ3) is 4.18. The number of nitrogens with one attached hydrogen (secondary N) is 2. The Morgan fingerprint density at radius 1 is 1.22 bits per heavy atom. The van der Waals surface area contributed by atoms with Crippen LogP contribution in [0.3, 0.4) is 0 Å².